The Balaban J connectivity index is 1.70. The molecule has 3 rings (SSSR count). The van der Waals surface area contributed by atoms with E-state index in [1.165, 1.54) is 11.8 Å². The van der Waals surface area contributed by atoms with Gasteiger partial charge in [0, 0.05) is 18.3 Å². The molecule has 0 saturated heterocycles. The van der Waals surface area contributed by atoms with Crippen LogP contribution in [0.4, 0.5) is 5.69 Å². The van der Waals surface area contributed by atoms with E-state index in [1.54, 1.807) is 6.07 Å². The van der Waals surface area contributed by atoms with E-state index < -0.39 is 0 Å². The van der Waals surface area contributed by atoms with Crippen molar-refractivity contribution in [3.05, 3.63) is 42.5 Å². The van der Waals surface area contributed by atoms with Crippen molar-refractivity contribution in [2.24, 2.45) is 5.92 Å². The first-order valence-corrected chi connectivity index (χ1v) is 11.3. The number of fused-ring (bicyclic) bond motifs is 1. The number of imidazole rings is 1. The van der Waals surface area contributed by atoms with E-state index in [2.05, 4.69) is 29.8 Å². The van der Waals surface area contributed by atoms with E-state index in [0.717, 1.165) is 22.7 Å². The normalized spacial score (nSPS) is 11.1. The minimum absolute atomic E-state index is 0.0882. The Labute approximate surface area is 182 Å². The summed E-state index contributed by atoms with van der Waals surface area (Å²) in [6.07, 6.45) is 0. The zero-order valence-corrected chi connectivity index (χ0v) is 18.8. The Bertz CT molecular complexity index is 1000. The number of thioether (sulfide) groups is 1. The van der Waals surface area contributed by atoms with Crippen LogP contribution in [0.15, 0.2) is 47.6 Å². The predicted molar refractivity (Wildman–Crippen MR) is 123 cm³/mol. The van der Waals surface area contributed by atoms with Gasteiger partial charge in [0.25, 0.3) is 0 Å². The zero-order valence-electron chi connectivity index (χ0n) is 18.0. The molecule has 30 heavy (non-hydrogen) atoms. The number of ether oxygens (including phenoxy) is 2. The number of amides is 1. The molecular formula is C23H29N3O3S. The fourth-order valence-electron chi connectivity index (χ4n) is 3.16. The molecule has 1 aromatic heterocycles. The van der Waals surface area contributed by atoms with Crippen LogP contribution in [-0.4, -0.2) is 34.4 Å². The third kappa shape index (κ3) is 5.48. The Hall–Kier alpha value is -2.67. The van der Waals surface area contributed by atoms with Crippen LogP contribution < -0.4 is 14.8 Å². The molecule has 0 aliphatic heterocycles. The van der Waals surface area contributed by atoms with Gasteiger partial charge in [0.2, 0.25) is 5.91 Å². The van der Waals surface area contributed by atoms with Gasteiger partial charge in [-0.2, -0.15) is 0 Å². The van der Waals surface area contributed by atoms with E-state index in [9.17, 15) is 4.79 Å². The largest absolute Gasteiger partial charge is 0.490 e. The maximum Gasteiger partial charge on any atom is 0.234 e. The van der Waals surface area contributed by atoms with Gasteiger partial charge in [0.15, 0.2) is 16.7 Å². The first kappa shape index (κ1) is 22.0. The third-order valence-corrected chi connectivity index (χ3v) is 5.30. The van der Waals surface area contributed by atoms with Gasteiger partial charge < -0.3 is 19.4 Å². The quantitative estimate of drug-likeness (QED) is 0.449. The minimum atomic E-state index is -0.0882. The molecule has 3 aromatic rings. The highest BCUT2D eigenvalue weighted by Crippen LogP contribution is 2.31. The van der Waals surface area contributed by atoms with Gasteiger partial charge in [-0.3, -0.25) is 4.79 Å². The van der Waals surface area contributed by atoms with Crippen LogP contribution in [0, 0.1) is 5.92 Å². The second-order valence-corrected chi connectivity index (χ2v) is 8.19. The summed E-state index contributed by atoms with van der Waals surface area (Å²) < 4.78 is 13.4. The fourth-order valence-corrected chi connectivity index (χ4v) is 3.99. The van der Waals surface area contributed by atoms with Gasteiger partial charge in [-0.1, -0.05) is 37.7 Å². The second kappa shape index (κ2) is 10.4. The standard InChI is InChI=1S/C23H29N3O3S/c1-5-28-20-12-11-17(13-21(20)29-6-2)24-22(27)15-30-23-25-18-9-7-8-10-19(18)26(23)14-16(3)4/h7-13,16H,5-6,14-15H2,1-4H3,(H,24,27). The van der Waals surface area contributed by atoms with Crippen molar-refractivity contribution in [1.29, 1.82) is 0 Å². The predicted octanol–water partition coefficient (Wildman–Crippen LogP) is 5.22. The number of carbonyl (C=O) groups excluding carboxylic acids is 1. The Morgan fingerprint density at radius 2 is 1.83 bits per heavy atom. The molecule has 0 aliphatic carbocycles. The highest BCUT2D eigenvalue weighted by Gasteiger charge is 2.14. The molecular weight excluding hydrogens is 398 g/mol. The van der Waals surface area contributed by atoms with Gasteiger partial charge in [0.1, 0.15) is 0 Å². The van der Waals surface area contributed by atoms with Crippen molar-refractivity contribution < 1.29 is 14.3 Å². The summed E-state index contributed by atoms with van der Waals surface area (Å²) >= 11 is 1.45. The lowest BCUT2D eigenvalue weighted by molar-refractivity contribution is -0.113. The summed E-state index contributed by atoms with van der Waals surface area (Å²) in [5.41, 5.74) is 2.74. The van der Waals surface area contributed by atoms with E-state index >= 15 is 0 Å². The van der Waals surface area contributed by atoms with Crippen molar-refractivity contribution in [3.8, 4) is 11.5 Å². The van der Waals surface area contributed by atoms with Crippen LogP contribution in [0.1, 0.15) is 27.7 Å². The second-order valence-electron chi connectivity index (χ2n) is 7.25. The monoisotopic (exact) mass is 427 g/mol. The molecule has 0 atom stereocenters. The lowest BCUT2D eigenvalue weighted by atomic mass is 10.2. The molecule has 1 N–H and O–H groups in total. The summed E-state index contributed by atoms with van der Waals surface area (Å²) in [6.45, 7) is 10.1. The number of rotatable bonds is 10. The highest BCUT2D eigenvalue weighted by atomic mass is 32.2. The van der Waals surface area contributed by atoms with Crippen LogP contribution in [-0.2, 0) is 11.3 Å². The molecule has 1 heterocycles. The Morgan fingerprint density at radius 1 is 1.10 bits per heavy atom. The van der Waals surface area contributed by atoms with E-state index in [-0.39, 0.29) is 11.7 Å². The number of hydrogen-bond acceptors (Lipinski definition) is 5. The number of benzene rings is 2. The maximum absolute atomic E-state index is 12.6. The van der Waals surface area contributed by atoms with E-state index in [0.29, 0.717) is 36.3 Å². The number of carbonyl (C=O) groups is 1. The van der Waals surface area contributed by atoms with Gasteiger partial charge in [0.05, 0.1) is 30.0 Å². The summed E-state index contributed by atoms with van der Waals surface area (Å²) in [5, 5.41) is 3.80. The molecule has 6 nitrogen and oxygen atoms in total. The number of anilines is 1. The van der Waals surface area contributed by atoms with Crippen LogP contribution in [0.3, 0.4) is 0 Å². The molecule has 0 aliphatic rings. The molecule has 1 amide bonds. The smallest absolute Gasteiger partial charge is 0.234 e. The first-order chi connectivity index (χ1) is 14.5. The Kier molecular flexibility index (Phi) is 7.63. The molecule has 0 fully saturated rings. The number of aromatic nitrogens is 2. The van der Waals surface area contributed by atoms with E-state index in [1.807, 2.05) is 44.2 Å². The number of hydrogen-bond donors (Lipinski definition) is 1. The average Bonchev–Trinajstić information content (AvgIpc) is 3.06. The highest BCUT2D eigenvalue weighted by molar-refractivity contribution is 7.99. The van der Waals surface area contributed by atoms with Crippen molar-refractivity contribution >= 4 is 34.4 Å². The van der Waals surface area contributed by atoms with Gasteiger partial charge >= 0.3 is 0 Å². The van der Waals surface area contributed by atoms with Crippen molar-refractivity contribution in [3.63, 3.8) is 0 Å². The maximum atomic E-state index is 12.6. The molecule has 0 bridgehead atoms. The summed E-state index contributed by atoms with van der Waals surface area (Å²) in [7, 11) is 0. The van der Waals surface area contributed by atoms with Crippen molar-refractivity contribution in [1.82, 2.24) is 9.55 Å². The average molecular weight is 428 g/mol. The zero-order chi connectivity index (χ0) is 21.5. The minimum Gasteiger partial charge on any atom is -0.490 e. The van der Waals surface area contributed by atoms with Crippen LogP contribution in [0.2, 0.25) is 0 Å². The van der Waals surface area contributed by atoms with Gasteiger partial charge in [-0.05, 0) is 44.0 Å². The molecule has 0 radical (unpaired) electrons. The Morgan fingerprint density at radius 3 is 2.57 bits per heavy atom. The van der Waals surface area contributed by atoms with Crippen LogP contribution in [0.5, 0.6) is 11.5 Å². The van der Waals surface area contributed by atoms with Gasteiger partial charge in [-0.25, -0.2) is 4.98 Å². The fraction of sp³-hybridized carbons (Fsp3) is 0.391. The number of nitrogens with zero attached hydrogens (tertiary/aromatic N) is 2. The van der Waals surface area contributed by atoms with Gasteiger partial charge in [-0.15, -0.1) is 0 Å². The molecule has 160 valence electrons. The molecule has 2 aromatic carbocycles. The SMILES string of the molecule is CCOc1ccc(NC(=O)CSc2nc3ccccc3n2CC(C)C)cc1OCC. The molecule has 0 spiro atoms. The lowest BCUT2D eigenvalue weighted by Crippen LogP contribution is -2.15. The summed E-state index contributed by atoms with van der Waals surface area (Å²) in [4.78, 5) is 17.3. The third-order valence-electron chi connectivity index (χ3n) is 4.33. The topological polar surface area (TPSA) is 65.4 Å². The molecule has 0 saturated carbocycles. The molecule has 0 unspecified atom stereocenters. The van der Waals surface area contributed by atoms with Crippen LogP contribution in [0.25, 0.3) is 11.0 Å². The first-order valence-electron chi connectivity index (χ1n) is 10.3. The summed E-state index contributed by atoms with van der Waals surface area (Å²) in [5.74, 6) is 1.97. The molecule has 7 heteroatoms. The van der Waals surface area contributed by atoms with Crippen molar-refractivity contribution in [2.45, 2.75) is 39.4 Å². The van der Waals surface area contributed by atoms with Crippen molar-refractivity contribution in [2.75, 3.05) is 24.3 Å². The van der Waals surface area contributed by atoms with E-state index in [4.69, 9.17) is 14.5 Å². The summed E-state index contributed by atoms with van der Waals surface area (Å²) in [6, 6.07) is 13.5. The lowest BCUT2D eigenvalue weighted by Gasteiger charge is -2.13. The number of nitrogens with one attached hydrogen (secondary N) is 1. The van der Waals surface area contributed by atoms with Crippen LogP contribution >= 0.6 is 11.8 Å². The number of para-hydroxylation sites is 2.